The maximum Gasteiger partial charge on any atom is 0.400 e. The molecule has 7 heteroatoms. The van der Waals surface area contributed by atoms with Gasteiger partial charge in [0.2, 0.25) is 0 Å². The van der Waals surface area contributed by atoms with E-state index in [2.05, 4.69) is 23.6 Å². The fourth-order valence-electron chi connectivity index (χ4n) is 5.13. The van der Waals surface area contributed by atoms with Crippen molar-refractivity contribution in [1.82, 2.24) is 9.80 Å². The molecule has 0 N–H and O–H groups in total. The highest BCUT2D eigenvalue weighted by atomic mass is 32.3. The highest BCUT2D eigenvalue weighted by molar-refractivity contribution is 7.81. The van der Waals surface area contributed by atoms with E-state index < -0.39 is 10.4 Å². The molecule has 0 amide bonds. The van der Waals surface area contributed by atoms with Gasteiger partial charge in [0.15, 0.2) is 0 Å². The molecule has 132 valence electrons. The Morgan fingerprint density at radius 1 is 0.739 bits per heavy atom. The zero-order valence-corrected chi connectivity index (χ0v) is 14.9. The second-order valence-electron chi connectivity index (χ2n) is 7.76. The fraction of sp³-hybridized carbons (Fsp3) is 1.00. The Bertz CT molecular complexity index is 492. The van der Waals surface area contributed by atoms with Gasteiger partial charge in [0.05, 0.1) is 12.2 Å². The molecule has 6 heterocycles. The summed E-state index contributed by atoms with van der Waals surface area (Å²) in [6.07, 6.45) is 3.61. The summed E-state index contributed by atoms with van der Waals surface area (Å²) in [6, 6.07) is 0.315. The molecular formula is C16H28N2O4S. The van der Waals surface area contributed by atoms with Crippen LogP contribution < -0.4 is 0 Å². The molecule has 4 unspecified atom stereocenters. The van der Waals surface area contributed by atoms with Gasteiger partial charge in [0.25, 0.3) is 0 Å². The summed E-state index contributed by atoms with van der Waals surface area (Å²) in [6.45, 7) is 8.38. The molecule has 0 aromatic carbocycles. The van der Waals surface area contributed by atoms with Crippen molar-refractivity contribution in [3.8, 4) is 0 Å². The largest absolute Gasteiger partial charge is 0.400 e. The topological polar surface area (TPSA) is 59.1 Å². The predicted molar refractivity (Wildman–Crippen MR) is 86.2 cm³/mol. The van der Waals surface area contributed by atoms with Gasteiger partial charge in [0, 0.05) is 12.1 Å². The van der Waals surface area contributed by atoms with Crippen LogP contribution in [-0.2, 0) is 18.8 Å². The summed E-state index contributed by atoms with van der Waals surface area (Å²) in [5.74, 6) is 0.690. The summed E-state index contributed by atoms with van der Waals surface area (Å²) in [4.78, 5) is 4.66. The minimum atomic E-state index is -3.94. The van der Waals surface area contributed by atoms with Crippen molar-refractivity contribution in [3.63, 3.8) is 0 Å². The summed E-state index contributed by atoms with van der Waals surface area (Å²) in [5, 5.41) is 0. The van der Waals surface area contributed by atoms with E-state index in [-0.39, 0.29) is 24.3 Å². The first-order chi connectivity index (χ1) is 10.9. The van der Waals surface area contributed by atoms with Gasteiger partial charge in [-0.3, -0.25) is 9.80 Å². The number of hydrogen-bond acceptors (Lipinski definition) is 6. The molecule has 0 aromatic rings. The van der Waals surface area contributed by atoms with Gasteiger partial charge in [-0.05, 0) is 77.5 Å². The lowest BCUT2D eigenvalue weighted by molar-refractivity contribution is -0.0773. The molecule has 0 spiro atoms. The average Bonchev–Trinajstić information content (AvgIpc) is 2.55. The summed E-state index contributed by atoms with van der Waals surface area (Å²) >= 11 is 0. The van der Waals surface area contributed by atoms with Crippen molar-refractivity contribution in [1.29, 1.82) is 0 Å². The van der Waals surface area contributed by atoms with Crippen LogP contribution in [0.4, 0.5) is 0 Å². The molecule has 4 bridgehead atoms. The average molecular weight is 344 g/mol. The molecule has 6 aliphatic heterocycles. The molecule has 6 saturated heterocycles. The molecule has 4 atom stereocenters. The van der Waals surface area contributed by atoms with Crippen LogP contribution in [0, 0.1) is 11.8 Å². The Balaban J connectivity index is 1.44. The Morgan fingerprint density at radius 3 is 1.39 bits per heavy atom. The van der Waals surface area contributed by atoms with E-state index in [4.69, 9.17) is 8.37 Å². The molecule has 0 aliphatic carbocycles. The number of nitrogens with zero attached hydrogens (tertiary/aromatic N) is 2. The zero-order chi connectivity index (χ0) is 16.2. The maximum atomic E-state index is 12.5. The van der Waals surface area contributed by atoms with Gasteiger partial charge in [-0.1, -0.05) is 0 Å². The Hall–Kier alpha value is -0.210. The van der Waals surface area contributed by atoms with Gasteiger partial charge in [-0.25, -0.2) is 8.37 Å². The van der Waals surface area contributed by atoms with Crippen molar-refractivity contribution in [2.45, 2.75) is 63.8 Å². The number of rotatable bonds is 4. The molecule has 23 heavy (non-hydrogen) atoms. The highest BCUT2D eigenvalue weighted by Gasteiger charge is 2.46. The standard InChI is InChI=1S/C16H28N2O4S/c1-11-15(13-3-7-17(11)8-4-13)21-23(19,20)22-16-12(2)18-9-5-14(16)6-10-18/h11-16H,3-10H2,1-2H3. The minimum Gasteiger partial charge on any atom is -0.298 e. The molecule has 0 radical (unpaired) electrons. The van der Waals surface area contributed by atoms with Crippen LogP contribution in [0.25, 0.3) is 0 Å². The second kappa shape index (κ2) is 5.95. The van der Waals surface area contributed by atoms with E-state index in [0.717, 1.165) is 51.9 Å². The molecule has 6 nitrogen and oxygen atoms in total. The molecule has 6 aliphatic rings. The van der Waals surface area contributed by atoms with E-state index in [1.54, 1.807) is 0 Å². The molecule has 0 saturated carbocycles. The van der Waals surface area contributed by atoms with E-state index in [1.165, 1.54) is 0 Å². The van der Waals surface area contributed by atoms with Crippen molar-refractivity contribution in [3.05, 3.63) is 0 Å². The van der Waals surface area contributed by atoms with Gasteiger partial charge < -0.3 is 0 Å². The quantitative estimate of drug-likeness (QED) is 0.764. The van der Waals surface area contributed by atoms with Crippen LogP contribution in [0.3, 0.4) is 0 Å². The van der Waals surface area contributed by atoms with Crippen LogP contribution in [-0.4, -0.2) is 68.7 Å². The summed E-state index contributed by atoms with van der Waals surface area (Å²) < 4.78 is 36.2. The van der Waals surface area contributed by atoms with Crippen molar-refractivity contribution < 1.29 is 16.8 Å². The first kappa shape index (κ1) is 16.3. The molecule has 6 fully saturated rings. The summed E-state index contributed by atoms with van der Waals surface area (Å²) in [7, 11) is -3.94. The first-order valence-corrected chi connectivity index (χ1v) is 10.4. The Labute approximate surface area is 139 Å². The van der Waals surface area contributed by atoms with Gasteiger partial charge >= 0.3 is 10.4 Å². The lowest BCUT2D eigenvalue weighted by atomic mass is 9.81. The normalized spacial score (nSPS) is 49.5. The molecule has 0 aromatic heterocycles. The number of piperidine rings is 6. The third kappa shape index (κ3) is 2.95. The van der Waals surface area contributed by atoms with Gasteiger partial charge in [0.1, 0.15) is 0 Å². The van der Waals surface area contributed by atoms with Crippen LogP contribution in [0.5, 0.6) is 0 Å². The third-order valence-corrected chi connectivity index (χ3v) is 7.55. The van der Waals surface area contributed by atoms with Crippen molar-refractivity contribution >= 4 is 10.4 Å². The monoisotopic (exact) mass is 344 g/mol. The first-order valence-electron chi connectivity index (χ1n) is 9.04. The van der Waals surface area contributed by atoms with E-state index in [1.807, 2.05) is 0 Å². The predicted octanol–water partition coefficient (Wildman–Crippen LogP) is 1.23. The SMILES string of the molecule is CC1C(OS(=O)(=O)OC2C3CCN(CC3)C2C)C2CCN1CC2. The van der Waals surface area contributed by atoms with Crippen molar-refractivity contribution in [2.24, 2.45) is 11.8 Å². The second-order valence-corrected chi connectivity index (χ2v) is 8.96. The highest BCUT2D eigenvalue weighted by Crippen LogP contribution is 2.38. The van der Waals surface area contributed by atoms with E-state index >= 15 is 0 Å². The smallest absolute Gasteiger partial charge is 0.298 e. The maximum absolute atomic E-state index is 12.5. The van der Waals surface area contributed by atoms with E-state index in [0.29, 0.717) is 11.8 Å². The fourth-order valence-corrected chi connectivity index (χ4v) is 6.35. The Kier molecular flexibility index (Phi) is 4.21. The van der Waals surface area contributed by atoms with Crippen LogP contribution in [0.15, 0.2) is 0 Å². The van der Waals surface area contributed by atoms with Gasteiger partial charge in [-0.2, -0.15) is 8.42 Å². The lowest BCUT2D eigenvalue weighted by Crippen LogP contribution is -2.59. The molecule has 6 rings (SSSR count). The van der Waals surface area contributed by atoms with Crippen LogP contribution in [0.2, 0.25) is 0 Å². The van der Waals surface area contributed by atoms with Crippen LogP contribution in [0.1, 0.15) is 39.5 Å². The van der Waals surface area contributed by atoms with Crippen molar-refractivity contribution in [2.75, 3.05) is 26.2 Å². The zero-order valence-electron chi connectivity index (χ0n) is 14.1. The summed E-state index contributed by atoms with van der Waals surface area (Å²) in [5.41, 5.74) is 0. The number of hydrogen-bond donors (Lipinski definition) is 0. The van der Waals surface area contributed by atoms with E-state index in [9.17, 15) is 8.42 Å². The molecular weight excluding hydrogens is 316 g/mol. The lowest BCUT2D eigenvalue weighted by Gasteiger charge is -2.50. The number of fused-ring (bicyclic) bond motifs is 6. The minimum absolute atomic E-state index is 0.157. The van der Waals surface area contributed by atoms with Crippen LogP contribution >= 0.6 is 0 Å². The van der Waals surface area contributed by atoms with Gasteiger partial charge in [-0.15, -0.1) is 0 Å². The third-order valence-electron chi connectivity index (χ3n) is 6.64. The Morgan fingerprint density at radius 2 is 1.09 bits per heavy atom.